The number of hydrogen-bond acceptors (Lipinski definition) is 3. The third kappa shape index (κ3) is 2.79. The van der Waals surface area contributed by atoms with Crippen molar-refractivity contribution in [3.05, 3.63) is 41.5 Å². The molecular formula is C14H17FN4O. The number of anilines is 2. The first kappa shape index (κ1) is 14.0. The van der Waals surface area contributed by atoms with Crippen LogP contribution in [-0.2, 0) is 13.0 Å². The molecule has 3 N–H and O–H groups in total. The number of nitrogens with zero attached hydrogens (tertiary/aromatic N) is 2. The first-order chi connectivity index (χ1) is 9.55. The monoisotopic (exact) mass is 276 g/mol. The highest BCUT2D eigenvalue weighted by Crippen LogP contribution is 2.17. The van der Waals surface area contributed by atoms with Crippen molar-refractivity contribution in [1.82, 2.24) is 9.78 Å². The molecule has 0 atom stereocenters. The van der Waals surface area contributed by atoms with Gasteiger partial charge < -0.3 is 11.1 Å². The van der Waals surface area contributed by atoms with Crippen molar-refractivity contribution in [3.8, 4) is 0 Å². The number of rotatable bonds is 4. The summed E-state index contributed by atoms with van der Waals surface area (Å²) >= 11 is 0. The number of benzene rings is 1. The summed E-state index contributed by atoms with van der Waals surface area (Å²) in [6, 6.07) is 5.84. The van der Waals surface area contributed by atoms with Gasteiger partial charge in [-0.3, -0.25) is 9.48 Å². The lowest BCUT2D eigenvalue weighted by Gasteiger charge is -2.07. The second-order valence-corrected chi connectivity index (χ2v) is 4.38. The van der Waals surface area contributed by atoms with Crippen LogP contribution in [0.4, 0.5) is 15.8 Å². The molecule has 1 heterocycles. The highest BCUT2D eigenvalue weighted by Gasteiger charge is 2.14. The summed E-state index contributed by atoms with van der Waals surface area (Å²) < 4.78 is 14.7. The molecule has 0 aliphatic carbocycles. The molecule has 0 fully saturated rings. The predicted octanol–water partition coefficient (Wildman–Crippen LogP) is 2.44. The molecule has 106 valence electrons. The van der Waals surface area contributed by atoms with Crippen LogP contribution in [0.5, 0.6) is 0 Å². The third-order valence-corrected chi connectivity index (χ3v) is 2.98. The number of aryl methyl sites for hydroxylation is 2. The van der Waals surface area contributed by atoms with Gasteiger partial charge in [0.15, 0.2) is 0 Å². The number of nitrogens with two attached hydrogens (primary N) is 1. The van der Waals surface area contributed by atoms with Gasteiger partial charge in [0.05, 0.1) is 11.4 Å². The minimum Gasteiger partial charge on any atom is -0.396 e. The van der Waals surface area contributed by atoms with Gasteiger partial charge in [-0.1, -0.05) is 6.92 Å². The topological polar surface area (TPSA) is 72.9 Å². The smallest absolute Gasteiger partial charge is 0.273 e. The van der Waals surface area contributed by atoms with E-state index in [1.165, 1.54) is 18.2 Å². The van der Waals surface area contributed by atoms with Gasteiger partial charge in [-0.25, -0.2) is 4.39 Å². The molecule has 2 rings (SSSR count). The van der Waals surface area contributed by atoms with Crippen LogP contribution < -0.4 is 11.1 Å². The Kier molecular flexibility index (Phi) is 4.02. The Morgan fingerprint density at radius 1 is 1.40 bits per heavy atom. The fraction of sp³-hybridized carbons (Fsp3) is 0.286. The molecule has 1 amide bonds. The van der Waals surface area contributed by atoms with Gasteiger partial charge in [-0.05, 0) is 37.6 Å². The number of carbonyl (C=O) groups excluding carboxylic acids is 1. The Morgan fingerprint density at radius 3 is 2.75 bits per heavy atom. The maximum atomic E-state index is 13.1. The fourth-order valence-corrected chi connectivity index (χ4v) is 1.88. The maximum absolute atomic E-state index is 13.1. The fourth-order valence-electron chi connectivity index (χ4n) is 1.88. The Hall–Kier alpha value is -2.37. The third-order valence-electron chi connectivity index (χ3n) is 2.98. The van der Waals surface area contributed by atoms with E-state index in [2.05, 4.69) is 10.4 Å². The van der Waals surface area contributed by atoms with Crippen LogP contribution in [0.2, 0.25) is 0 Å². The molecule has 0 bridgehead atoms. The number of carbonyl (C=O) groups is 1. The van der Waals surface area contributed by atoms with Crippen LogP contribution in [-0.4, -0.2) is 15.7 Å². The molecule has 0 aliphatic rings. The van der Waals surface area contributed by atoms with Gasteiger partial charge in [0.25, 0.3) is 5.91 Å². The molecule has 5 nitrogen and oxygen atoms in total. The molecule has 20 heavy (non-hydrogen) atoms. The van der Waals surface area contributed by atoms with Gasteiger partial charge in [0.1, 0.15) is 11.5 Å². The van der Waals surface area contributed by atoms with Gasteiger partial charge in [0, 0.05) is 12.2 Å². The zero-order valence-electron chi connectivity index (χ0n) is 11.5. The van der Waals surface area contributed by atoms with Crippen LogP contribution in [0.1, 0.15) is 30.0 Å². The van der Waals surface area contributed by atoms with Gasteiger partial charge >= 0.3 is 0 Å². The van der Waals surface area contributed by atoms with E-state index in [0.29, 0.717) is 17.9 Å². The van der Waals surface area contributed by atoms with E-state index in [-0.39, 0.29) is 11.6 Å². The summed E-state index contributed by atoms with van der Waals surface area (Å²) in [7, 11) is 0. The summed E-state index contributed by atoms with van der Waals surface area (Å²) in [6.07, 6.45) is 0.761. The molecule has 1 aromatic heterocycles. The zero-order chi connectivity index (χ0) is 14.7. The first-order valence-corrected chi connectivity index (χ1v) is 6.48. The van der Waals surface area contributed by atoms with Gasteiger partial charge in [0.2, 0.25) is 0 Å². The number of amides is 1. The highest BCUT2D eigenvalue weighted by atomic mass is 19.1. The number of hydrogen-bond donors (Lipinski definition) is 2. The van der Waals surface area contributed by atoms with Crippen molar-refractivity contribution in [3.63, 3.8) is 0 Å². The van der Waals surface area contributed by atoms with E-state index >= 15 is 0 Å². The standard InChI is InChI=1S/C14H17FN4O/c1-3-9-8-13(19(4-2)18-9)14(20)17-10-5-6-11(15)12(16)7-10/h5-8H,3-4,16H2,1-2H3,(H,17,20). The maximum Gasteiger partial charge on any atom is 0.273 e. The van der Waals surface area contributed by atoms with E-state index < -0.39 is 5.82 Å². The zero-order valence-corrected chi connectivity index (χ0v) is 11.5. The molecule has 0 aliphatic heterocycles. The van der Waals surface area contributed by atoms with E-state index in [1.54, 1.807) is 10.7 Å². The molecular weight excluding hydrogens is 259 g/mol. The Bertz CT molecular complexity index is 636. The minimum atomic E-state index is -0.505. The van der Waals surface area contributed by atoms with E-state index in [9.17, 15) is 9.18 Å². The van der Waals surface area contributed by atoms with Crippen molar-refractivity contribution in [2.45, 2.75) is 26.8 Å². The largest absolute Gasteiger partial charge is 0.396 e. The van der Waals surface area contributed by atoms with Gasteiger partial charge in [-0.2, -0.15) is 5.10 Å². The summed E-state index contributed by atoms with van der Waals surface area (Å²) in [6.45, 7) is 4.50. The molecule has 0 unspecified atom stereocenters. The molecule has 0 spiro atoms. The Morgan fingerprint density at radius 2 is 2.15 bits per heavy atom. The second-order valence-electron chi connectivity index (χ2n) is 4.38. The molecule has 0 saturated heterocycles. The Labute approximate surface area is 116 Å². The Balaban J connectivity index is 2.23. The normalized spacial score (nSPS) is 10.6. The number of aromatic nitrogens is 2. The molecule has 0 saturated carbocycles. The van der Waals surface area contributed by atoms with Crippen molar-refractivity contribution in [2.24, 2.45) is 0 Å². The van der Waals surface area contributed by atoms with Crippen molar-refractivity contribution >= 4 is 17.3 Å². The molecule has 6 heteroatoms. The molecule has 2 aromatic rings. The van der Waals surface area contributed by atoms with E-state index in [4.69, 9.17) is 5.73 Å². The lowest BCUT2D eigenvalue weighted by atomic mass is 10.2. The van der Waals surface area contributed by atoms with Crippen LogP contribution in [0, 0.1) is 5.82 Å². The van der Waals surface area contributed by atoms with Crippen molar-refractivity contribution < 1.29 is 9.18 Å². The van der Waals surface area contributed by atoms with Crippen molar-refractivity contribution in [2.75, 3.05) is 11.1 Å². The van der Waals surface area contributed by atoms with Crippen molar-refractivity contribution in [1.29, 1.82) is 0 Å². The van der Waals surface area contributed by atoms with Crippen LogP contribution in [0.25, 0.3) is 0 Å². The van der Waals surface area contributed by atoms with Crippen LogP contribution >= 0.6 is 0 Å². The highest BCUT2D eigenvalue weighted by molar-refractivity contribution is 6.03. The summed E-state index contributed by atoms with van der Waals surface area (Å²) in [5, 5.41) is 7.00. The molecule has 0 radical (unpaired) electrons. The summed E-state index contributed by atoms with van der Waals surface area (Å²) in [4.78, 5) is 12.2. The second kappa shape index (κ2) is 5.73. The number of halogens is 1. The first-order valence-electron chi connectivity index (χ1n) is 6.48. The lowest BCUT2D eigenvalue weighted by molar-refractivity contribution is 0.101. The summed E-state index contributed by atoms with van der Waals surface area (Å²) in [5.41, 5.74) is 7.26. The van der Waals surface area contributed by atoms with Gasteiger partial charge in [-0.15, -0.1) is 0 Å². The number of nitrogen functional groups attached to an aromatic ring is 1. The quantitative estimate of drug-likeness (QED) is 0.842. The SMILES string of the molecule is CCc1cc(C(=O)Nc2ccc(F)c(N)c2)n(CC)n1. The molecule has 1 aromatic carbocycles. The predicted molar refractivity (Wildman–Crippen MR) is 76.0 cm³/mol. The van der Waals surface area contributed by atoms with E-state index in [1.807, 2.05) is 13.8 Å². The summed E-state index contributed by atoms with van der Waals surface area (Å²) in [5.74, 6) is -0.792. The van der Waals surface area contributed by atoms with E-state index in [0.717, 1.165) is 12.1 Å². The minimum absolute atomic E-state index is 0.000969. The average Bonchev–Trinajstić information content (AvgIpc) is 2.86. The van der Waals surface area contributed by atoms with Crippen LogP contribution in [0.3, 0.4) is 0 Å². The lowest BCUT2D eigenvalue weighted by Crippen LogP contribution is -2.17. The number of nitrogens with one attached hydrogen (secondary N) is 1. The average molecular weight is 276 g/mol. The van der Waals surface area contributed by atoms with Crippen LogP contribution in [0.15, 0.2) is 24.3 Å².